The fourth-order valence-corrected chi connectivity index (χ4v) is 3.19. The van der Waals surface area contributed by atoms with Gasteiger partial charge in [-0.1, -0.05) is 31.4 Å². The number of benzene rings is 2. The zero-order chi connectivity index (χ0) is 20.1. The summed E-state index contributed by atoms with van der Waals surface area (Å²) in [6, 6.07) is 11.8. The third-order valence-corrected chi connectivity index (χ3v) is 4.76. The van der Waals surface area contributed by atoms with Crippen LogP contribution in [0.25, 0.3) is 0 Å². The highest BCUT2D eigenvalue weighted by atomic mass is 35.5. The van der Waals surface area contributed by atoms with Gasteiger partial charge < -0.3 is 20.3 Å². The molecule has 2 N–H and O–H groups in total. The Labute approximate surface area is 169 Å². The maximum atomic E-state index is 12.6. The third kappa shape index (κ3) is 4.75. The minimum atomic E-state index is -0.513. The van der Waals surface area contributed by atoms with E-state index in [0.717, 1.165) is 19.3 Å². The van der Waals surface area contributed by atoms with Gasteiger partial charge in [-0.05, 0) is 55.8 Å². The number of anilines is 3. The lowest BCUT2D eigenvalue weighted by Gasteiger charge is -2.33. The summed E-state index contributed by atoms with van der Waals surface area (Å²) in [4.78, 5) is 26.6. The number of carbonyl (C=O) groups is 2. The van der Waals surface area contributed by atoms with Crippen molar-refractivity contribution in [1.29, 1.82) is 0 Å². The molecule has 0 fully saturated rings. The van der Waals surface area contributed by atoms with Crippen LogP contribution in [0.15, 0.2) is 42.5 Å². The largest absolute Gasteiger partial charge is 0.479 e. The van der Waals surface area contributed by atoms with Crippen LogP contribution in [0.3, 0.4) is 0 Å². The molecule has 0 aromatic heterocycles. The molecule has 0 saturated carbocycles. The molecule has 1 unspecified atom stereocenters. The first-order chi connectivity index (χ1) is 13.5. The highest BCUT2D eigenvalue weighted by Crippen LogP contribution is 2.36. The first-order valence-corrected chi connectivity index (χ1v) is 9.81. The molecule has 6 nitrogen and oxygen atoms in total. The van der Waals surface area contributed by atoms with Gasteiger partial charge in [-0.15, -0.1) is 0 Å². The molecular formula is C21H24ClN3O3. The first kappa shape index (κ1) is 20.0. The second-order valence-corrected chi connectivity index (χ2v) is 7.16. The lowest BCUT2D eigenvalue weighted by atomic mass is 10.1. The zero-order valence-corrected chi connectivity index (χ0v) is 16.8. The van der Waals surface area contributed by atoms with E-state index in [-0.39, 0.29) is 11.9 Å². The van der Waals surface area contributed by atoms with E-state index in [2.05, 4.69) is 17.6 Å². The van der Waals surface area contributed by atoms with E-state index < -0.39 is 6.10 Å². The molecule has 2 aromatic carbocycles. The molecule has 0 bridgehead atoms. The van der Waals surface area contributed by atoms with Gasteiger partial charge in [0.2, 0.25) is 0 Å². The van der Waals surface area contributed by atoms with Crippen molar-refractivity contribution in [2.75, 3.05) is 22.1 Å². The SMILES string of the molecule is CCCCCN1C(=O)C(C)Oc2ccc(NC(=O)Nc3ccc(Cl)cc3)cc21. The summed E-state index contributed by atoms with van der Waals surface area (Å²) in [5.41, 5.74) is 1.90. The van der Waals surface area contributed by atoms with Gasteiger partial charge in [0.25, 0.3) is 5.91 Å². The number of rotatable bonds is 6. The van der Waals surface area contributed by atoms with Crippen LogP contribution < -0.4 is 20.3 Å². The Kier molecular flexibility index (Phi) is 6.41. The van der Waals surface area contributed by atoms with Crippen LogP contribution in [0.5, 0.6) is 5.75 Å². The van der Waals surface area contributed by atoms with Crippen molar-refractivity contribution in [2.45, 2.75) is 39.2 Å². The normalized spacial score (nSPS) is 15.6. The highest BCUT2D eigenvalue weighted by molar-refractivity contribution is 6.30. The smallest absolute Gasteiger partial charge is 0.323 e. The summed E-state index contributed by atoms with van der Waals surface area (Å²) in [5, 5.41) is 6.14. The van der Waals surface area contributed by atoms with E-state index in [1.165, 1.54) is 0 Å². The first-order valence-electron chi connectivity index (χ1n) is 9.43. The fraction of sp³-hybridized carbons (Fsp3) is 0.333. The van der Waals surface area contributed by atoms with Crippen molar-refractivity contribution < 1.29 is 14.3 Å². The molecule has 1 aliphatic rings. The summed E-state index contributed by atoms with van der Waals surface area (Å²) in [6.07, 6.45) is 2.54. The van der Waals surface area contributed by atoms with E-state index in [1.807, 2.05) is 0 Å². The van der Waals surface area contributed by atoms with Crippen molar-refractivity contribution in [1.82, 2.24) is 0 Å². The van der Waals surface area contributed by atoms with E-state index in [1.54, 1.807) is 54.3 Å². The predicted octanol–water partition coefficient (Wildman–Crippen LogP) is 5.29. The number of ether oxygens (including phenoxy) is 1. The van der Waals surface area contributed by atoms with Crippen molar-refractivity contribution in [3.63, 3.8) is 0 Å². The number of nitrogens with one attached hydrogen (secondary N) is 2. The van der Waals surface area contributed by atoms with Crippen LogP contribution in [-0.4, -0.2) is 24.6 Å². The topological polar surface area (TPSA) is 70.7 Å². The Morgan fingerprint density at radius 3 is 2.50 bits per heavy atom. The van der Waals surface area contributed by atoms with Crippen molar-refractivity contribution in [3.05, 3.63) is 47.5 Å². The fourth-order valence-electron chi connectivity index (χ4n) is 3.06. The molecule has 0 spiro atoms. The number of hydrogen-bond acceptors (Lipinski definition) is 3. The minimum absolute atomic E-state index is 0.0635. The van der Waals surface area contributed by atoms with Gasteiger partial charge >= 0.3 is 6.03 Å². The molecule has 0 aliphatic carbocycles. The Bertz CT molecular complexity index is 854. The van der Waals surface area contributed by atoms with E-state index in [4.69, 9.17) is 16.3 Å². The molecule has 1 atom stereocenters. The summed E-state index contributed by atoms with van der Waals surface area (Å²) in [5.74, 6) is 0.582. The molecule has 1 heterocycles. The molecule has 28 heavy (non-hydrogen) atoms. The maximum Gasteiger partial charge on any atom is 0.323 e. The van der Waals surface area contributed by atoms with Gasteiger partial charge in [-0.25, -0.2) is 4.79 Å². The zero-order valence-electron chi connectivity index (χ0n) is 16.0. The predicted molar refractivity (Wildman–Crippen MR) is 113 cm³/mol. The number of amides is 3. The standard InChI is InChI=1S/C21H24ClN3O3/c1-3-4-5-12-25-18-13-17(10-11-19(18)28-14(2)20(25)26)24-21(27)23-16-8-6-15(22)7-9-16/h6-11,13-14H,3-5,12H2,1-2H3,(H2,23,24,27). The highest BCUT2D eigenvalue weighted by Gasteiger charge is 2.31. The van der Waals surface area contributed by atoms with Crippen LogP contribution in [-0.2, 0) is 4.79 Å². The second-order valence-electron chi connectivity index (χ2n) is 6.73. The van der Waals surface area contributed by atoms with Crippen molar-refractivity contribution in [3.8, 4) is 5.75 Å². The van der Waals surface area contributed by atoms with Crippen LogP contribution >= 0.6 is 11.6 Å². The van der Waals surface area contributed by atoms with E-state index >= 15 is 0 Å². The van der Waals surface area contributed by atoms with Gasteiger partial charge in [-0.2, -0.15) is 0 Å². The molecule has 0 radical (unpaired) electrons. The van der Waals surface area contributed by atoms with Gasteiger partial charge in [0.1, 0.15) is 5.75 Å². The quantitative estimate of drug-likeness (QED) is 0.646. The monoisotopic (exact) mass is 401 g/mol. The number of hydrogen-bond donors (Lipinski definition) is 2. The Hall–Kier alpha value is -2.73. The lowest BCUT2D eigenvalue weighted by molar-refractivity contribution is -0.125. The number of halogens is 1. The Morgan fingerprint density at radius 1 is 1.11 bits per heavy atom. The van der Waals surface area contributed by atoms with Crippen LogP contribution in [0.1, 0.15) is 33.1 Å². The van der Waals surface area contributed by atoms with E-state index in [0.29, 0.717) is 34.4 Å². The van der Waals surface area contributed by atoms with Crippen LogP contribution in [0.4, 0.5) is 21.9 Å². The molecule has 7 heteroatoms. The molecular weight excluding hydrogens is 378 g/mol. The van der Waals surface area contributed by atoms with E-state index in [9.17, 15) is 9.59 Å². The number of nitrogens with zero attached hydrogens (tertiary/aromatic N) is 1. The average molecular weight is 402 g/mol. The van der Waals surface area contributed by atoms with Crippen molar-refractivity contribution >= 4 is 40.6 Å². The van der Waals surface area contributed by atoms with Crippen molar-refractivity contribution in [2.24, 2.45) is 0 Å². The van der Waals surface area contributed by atoms with Gasteiger partial charge in [0.15, 0.2) is 6.10 Å². The summed E-state index contributed by atoms with van der Waals surface area (Å²) < 4.78 is 5.72. The van der Waals surface area contributed by atoms with Gasteiger partial charge in [-0.3, -0.25) is 4.79 Å². The number of carbonyl (C=O) groups excluding carboxylic acids is 2. The number of unbranched alkanes of at least 4 members (excludes halogenated alkanes) is 2. The summed E-state index contributed by atoms with van der Waals surface area (Å²) in [7, 11) is 0. The number of urea groups is 1. The third-order valence-electron chi connectivity index (χ3n) is 4.51. The molecule has 0 saturated heterocycles. The minimum Gasteiger partial charge on any atom is -0.479 e. The average Bonchev–Trinajstić information content (AvgIpc) is 2.67. The Morgan fingerprint density at radius 2 is 1.79 bits per heavy atom. The number of fused-ring (bicyclic) bond motifs is 1. The van der Waals surface area contributed by atoms with Crippen LogP contribution in [0.2, 0.25) is 5.02 Å². The van der Waals surface area contributed by atoms with Gasteiger partial charge in [0.05, 0.1) is 5.69 Å². The lowest BCUT2D eigenvalue weighted by Crippen LogP contribution is -2.44. The Balaban J connectivity index is 1.74. The summed E-state index contributed by atoms with van der Waals surface area (Å²) >= 11 is 5.85. The van der Waals surface area contributed by atoms with Crippen LogP contribution in [0, 0.1) is 0 Å². The summed E-state index contributed by atoms with van der Waals surface area (Å²) in [6.45, 7) is 4.51. The second kappa shape index (κ2) is 8.97. The molecule has 3 rings (SSSR count). The molecule has 2 aromatic rings. The maximum absolute atomic E-state index is 12.6. The molecule has 3 amide bonds. The molecule has 148 valence electrons. The van der Waals surface area contributed by atoms with Gasteiger partial charge in [0, 0.05) is 22.9 Å². The molecule has 1 aliphatic heterocycles.